The smallest absolute Gasteiger partial charge is 0.162 e. The molecule has 1 aromatic heterocycles. The molecule has 3 aromatic rings. The molecule has 4 nitrogen and oxygen atoms in total. The van der Waals surface area contributed by atoms with Crippen LogP contribution < -0.4 is 5.32 Å². The van der Waals surface area contributed by atoms with Gasteiger partial charge in [-0.3, -0.25) is 4.79 Å². The number of hydrogen-bond donors (Lipinski definition) is 1. The van der Waals surface area contributed by atoms with Crippen molar-refractivity contribution in [3.63, 3.8) is 0 Å². The highest BCUT2D eigenvalue weighted by Crippen LogP contribution is 2.32. The Morgan fingerprint density at radius 1 is 1.12 bits per heavy atom. The van der Waals surface area contributed by atoms with Gasteiger partial charge < -0.3 is 9.84 Å². The fraction of sp³-hybridized carbons (Fsp3) is 0.182. The summed E-state index contributed by atoms with van der Waals surface area (Å²) in [6.45, 7) is 4.54. The molecule has 0 amide bonds. The molecule has 0 unspecified atom stereocenters. The lowest BCUT2D eigenvalue weighted by molar-refractivity contribution is -0.114. The second kappa shape index (κ2) is 6.64. The molecule has 1 aliphatic rings. The van der Waals surface area contributed by atoms with Crippen LogP contribution in [-0.4, -0.2) is 10.9 Å². The van der Waals surface area contributed by atoms with Crippen molar-refractivity contribution in [2.24, 2.45) is 0 Å². The van der Waals surface area contributed by atoms with Gasteiger partial charge in [-0.25, -0.2) is 0 Å². The number of nitrogens with zero attached hydrogens (tertiary/aromatic N) is 1. The first kappa shape index (κ1) is 16.3. The van der Waals surface area contributed by atoms with Crippen molar-refractivity contribution >= 4 is 11.5 Å². The Morgan fingerprint density at radius 3 is 2.65 bits per heavy atom. The van der Waals surface area contributed by atoms with Crippen molar-refractivity contribution in [2.75, 3.05) is 0 Å². The molecule has 1 N–H and O–H groups in total. The topological polar surface area (TPSA) is 55.1 Å². The second-order valence-electron chi connectivity index (χ2n) is 6.61. The number of nitrogens with one attached hydrogen (secondary N) is 1. The van der Waals surface area contributed by atoms with E-state index in [9.17, 15) is 4.79 Å². The van der Waals surface area contributed by atoms with E-state index in [4.69, 9.17) is 4.52 Å². The van der Waals surface area contributed by atoms with Gasteiger partial charge in [0.05, 0.1) is 5.69 Å². The van der Waals surface area contributed by atoms with Crippen LogP contribution in [-0.2, 0) is 17.8 Å². The van der Waals surface area contributed by atoms with Gasteiger partial charge in [-0.1, -0.05) is 47.6 Å². The Hall–Kier alpha value is -3.14. The molecule has 0 bridgehead atoms. The number of benzene rings is 2. The maximum atomic E-state index is 12.1. The van der Waals surface area contributed by atoms with Crippen LogP contribution in [0.15, 0.2) is 59.1 Å². The summed E-state index contributed by atoms with van der Waals surface area (Å²) in [6, 6.07) is 16.4. The SMILES string of the molecule is Cc1noc(C)c1-c1ccc2c(c1)C(NCc1ccccc1)=CC(=O)C2. The Balaban J connectivity index is 1.69. The molecule has 0 atom stereocenters. The van der Waals surface area contributed by atoms with Gasteiger partial charge in [0.25, 0.3) is 0 Å². The highest BCUT2D eigenvalue weighted by Gasteiger charge is 2.20. The number of rotatable bonds is 4. The van der Waals surface area contributed by atoms with Crippen molar-refractivity contribution in [3.05, 3.63) is 82.8 Å². The minimum atomic E-state index is 0.123. The average molecular weight is 344 g/mol. The van der Waals surface area contributed by atoms with Gasteiger partial charge in [-0.05, 0) is 36.6 Å². The van der Waals surface area contributed by atoms with Crippen LogP contribution in [0.5, 0.6) is 0 Å². The lowest BCUT2D eigenvalue weighted by atomic mass is 9.90. The summed E-state index contributed by atoms with van der Waals surface area (Å²) >= 11 is 0. The molecule has 2 aromatic carbocycles. The normalized spacial score (nSPS) is 13.3. The lowest BCUT2D eigenvalue weighted by Gasteiger charge is -2.20. The molecule has 26 heavy (non-hydrogen) atoms. The summed E-state index contributed by atoms with van der Waals surface area (Å²) < 4.78 is 5.31. The van der Waals surface area contributed by atoms with E-state index in [0.29, 0.717) is 13.0 Å². The summed E-state index contributed by atoms with van der Waals surface area (Å²) in [5.74, 6) is 0.926. The van der Waals surface area contributed by atoms with Crippen LogP contribution in [0, 0.1) is 13.8 Å². The van der Waals surface area contributed by atoms with Gasteiger partial charge in [-0.15, -0.1) is 0 Å². The number of fused-ring (bicyclic) bond motifs is 1. The fourth-order valence-corrected chi connectivity index (χ4v) is 3.45. The number of carbonyl (C=O) groups is 1. The van der Waals surface area contributed by atoms with Gasteiger partial charge in [-0.2, -0.15) is 0 Å². The second-order valence-corrected chi connectivity index (χ2v) is 6.61. The van der Waals surface area contributed by atoms with E-state index in [1.165, 1.54) is 5.56 Å². The third-order valence-corrected chi connectivity index (χ3v) is 4.72. The van der Waals surface area contributed by atoms with Crippen molar-refractivity contribution in [1.29, 1.82) is 0 Å². The van der Waals surface area contributed by atoms with Crippen LogP contribution in [0.25, 0.3) is 16.8 Å². The van der Waals surface area contributed by atoms with Crippen LogP contribution in [0.4, 0.5) is 0 Å². The van der Waals surface area contributed by atoms with Gasteiger partial charge in [0.2, 0.25) is 0 Å². The Bertz CT molecular complexity index is 981. The van der Waals surface area contributed by atoms with E-state index in [1.54, 1.807) is 6.08 Å². The average Bonchev–Trinajstić information content (AvgIpc) is 2.98. The first-order valence-corrected chi connectivity index (χ1v) is 8.70. The first-order valence-electron chi connectivity index (χ1n) is 8.70. The van der Waals surface area contributed by atoms with E-state index in [-0.39, 0.29) is 5.78 Å². The minimum absolute atomic E-state index is 0.123. The van der Waals surface area contributed by atoms with Crippen LogP contribution in [0.2, 0.25) is 0 Å². The Morgan fingerprint density at radius 2 is 1.92 bits per heavy atom. The fourth-order valence-electron chi connectivity index (χ4n) is 3.45. The van der Waals surface area contributed by atoms with E-state index < -0.39 is 0 Å². The molecule has 4 heteroatoms. The van der Waals surface area contributed by atoms with Crippen molar-refractivity contribution in [1.82, 2.24) is 10.5 Å². The molecule has 0 saturated carbocycles. The van der Waals surface area contributed by atoms with Gasteiger partial charge in [0.1, 0.15) is 5.76 Å². The largest absolute Gasteiger partial charge is 0.380 e. The monoisotopic (exact) mass is 344 g/mol. The van der Waals surface area contributed by atoms with E-state index in [1.807, 2.05) is 44.2 Å². The maximum absolute atomic E-state index is 12.1. The molecule has 0 saturated heterocycles. The highest BCUT2D eigenvalue weighted by atomic mass is 16.5. The molecular weight excluding hydrogens is 324 g/mol. The number of hydrogen-bond acceptors (Lipinski definition) is 4. The Labute approximate surface area is 152 Å². The summed E-state index contributed by atoms with van der Waals surface area (Å²) in [5, 5.41) is 7.48. The Kier molecular flexibility index (Phi) is 4.17. The number of aromatic nitrogens is 1. The quantitative estimate of drug-likeness (QED) is 0.770. The van der Waals surface area contributed by atoms with Gasteiger partial charge in [0.15, 0.2) is 5.78 Å². The maximum Gasteiger partial charge on any atom is 0.162 e. The molecule has 0 fully saturated rings. The van der Waals surface area contributed by atoms with Crippen LogP contribution >= 0.6 is 0 Å². The number of ketones is 1. The lowest BCUT2D eigenvalue weighted by Crippen LogP contribution is -2.19. The third-order valence-electron chi connectivity index (χ3n) is 4.72. The number of aryl methyl sites for hydroxylation is 2. The molecule has 4 rings (SSSR count). The summed E-state index contributed by atoms with van der Waals surface area (Å²) in [7, 11) is 0. The summed E-state index contributed by atoms with van der Waals surface area (Å²) in [4.78, 5) is 12.1. The molecule has 1 aliphatic carbocycles. The number of allylic oxidation sites excluding steroid dienone is 1. The zero-order valence-corrected chi connectivity index (χ0v) is 14.9. The van der Waals surface area contributed by atoms with E-state index >= 15 is 0 Å². The standard InChI is InChI=1S/C22H20N2O2/c1-14-22(15(2)26-24-14)18-9-8-17-10-19(25)12-21(20(17)11-18)23-13-16-6-4-3-5-7-16/h3-9,11-12,23H,10,13H2,1-2H3. The van der Waals surface area contributed by atoms with Crippen LogP contribution in [0.1, 0.15) is 28.1 Å². The van der Waals surface area contributed by atoms with Crippen molar-refractivity contribution in [3.8, 4) is 11.1 Å². The predicted octanol–water partition coefficient (Wildman–Crippen LogP) is 4.21. The van der Waals surface area contributed by atoms with Crippen LogP contribution in [0.3, 0.4) is 0 Å². The first-order chi connectivity index (χ1) is 12.6. The zero-order valence-electron chi connectivity index (χ0n) is 14.9. The molecule has 0 spiro atoms. The van der Waals surface area contributed by atoms with Gasteiger partial charge in [0, 0.05) is 35.9 Å². The van der Waals surface area contributed by atoms with Crippen molar-refractivity contribution in [2.45, 2.75) is 26.8 Å². The van der Waals surface area contributed by atoms with Gasteiger partial charge >= 0.3 is 0 Å². The minimum Gasteiger partial charge on any atom is -0.380 e. The molecule has 130 valence electrons. The summed E-state index contributed by atoms with van der Waals surface area (Å²) in [5.41, 5.74) is 7.11. The summed E-state index contributed by atoms with van der Waals surface area (Å²) in [6.07, 6.45) is 2.15. The third kappa shape index (κ3) is 3.06. The molecular formula is C22H20N2O2. The molecule has 0 aliphatic heterocycles. The molecule has 1 heterocycles. The van der Waals surface area contributed by atoms with E-state index in [0.717, 1.165) is 39.4 Å². The predicted molar refractivity (Wildman–Crippen MR) is 101 cm³/mol. The molecule has 0 radical (unpaired) electrons. The van der Waals surface area contributed by atoms with E-state index in [2.05, 4.69) is 28.7 Å². The van der Waals surface area contributed by atoms with Crippen molar-refractivity contribution < 1.29 is 9.32 Å². The zero-order chi connectivity index (χ0) is 18.1. The highest BCUT2D eigenvalue weighted by molar-refractivity contribution is 6.02. The number of carbonyl (C=O) groups excluding carboxylic acids is 1.